The molecule has 0 aliphatic heterocycles. The van der Waals surface area contributed by atoms with Crippen molar-refractivity contribution in [3.8, 4) is 33.8 Å². The van der Waals surface area contributed by atoms with Gasteiger partial charge in [-0.25, -0.2) is 9.97 Å². The van der Waals surface area contributed by atoms with Crippen LogP contribution >= 0.6 is 31.9 Å². The molecule has 0 amide bonds. The molecule has 0 spiro atoms. The Morgan fingerprint density at radius 1 is 0.586 bits per heavy atom. The third kappa shape index (κ3) is 3.28. The van der Waals surface area contributed by atoms with Crippen LogP contribution in [0.2, 0.25) is 0 Å². The highest BCUT2D eigenvalue weighted by Crippen LogP contribution is 2.35. The minimum atomic E-state index is 0.543. The second kappa shape index (κ2) is 7.54. The Hall–Kier alpha value is -2.83. The second-order valence-corrected chi connectivity index (χ2v) is 8.09. The Morgan fingerprint density at radius 3 is 1.79 bits per heavy atom. The lowest BCUT2D eigenvalue weighted by molar-refractivity contribution is 0.895. The van der Waals surface area contributed by atoms with Gasteiger partial charge in [0.2, 0.25) is 0 Å². The van der Waals surface area contributed by atoms with Gasteiger partial charge < -0.3 is 0 Å². The molecule has 3 aromatic carbocycles. The largest absolute Gasteiger partial charge is 0.253 e. The lowest BCUT2D eigenvalue weighted by Gasteiger charge is -2.09. The SMILES string of the molecule is Brc1ccccc1-c1nc2nc(-c3ccccc3)c(-c3ccccc3)nn2c1Br. The molecule has 0 atom stereocenters. The number of imidazole rings is 1. The Kier molecular flexibility index (Phi) is 4.73. The summed E-state index contributed by atoms with van der Waals surface area (Å²) in [6.07, 6.45) is 0. The van der Waals surface area contributed by atoms with Crippen LogP contribution < -0.4 is 0 Å². The first kappa shape index (κ1) is 18.2. The van der Waals surface area contributed by atoms with Crippen molar-refractivity contribution in [3.05, 3.63) is 94.0 Å². The average molecular weight is 506 g/mol. The van der Waals surface area contributed by atoms with E-state index in [1.54, 1.807) is 4.52 Å². The Morgan fingerprint density at radius 2 is 1.14 bits per heavy atom. The molecule has 0 unspecified atom stereocenters. The molecule has 0 radical (unpaired) electrons. The van der Waals surface area contributed by atoms with Gasteiger partial charge in [0, 0.05) is 21.2 Å². The van der Waals surface area contributed by atoms with Crippen LogP contribution in [0, 0.1) is 0 Å². The topological polar surface area (TPSA) is 43.1 Å². The fourth-order valence-corrected chi connectivity index (χ4v) is 4.27. The van der Waals surface area contributed by atoms with Crippen LogP contribution in [0.4, 0.5) is 0 Å². The van der Waals surface area contributed by atoms with Crippen molar-refractivity contribution in [1.82, 2.24) is 19.6 Å². The van der Waals surface area contributed by atoms with E-state index in [1.165, 1.54) is 0 Å². The maximum absolute atomic E-state index is 4.93. The molecule has 0 aliphatic carbocycles. The monoisotopic (exact) mass is 504 g/mol. The summed E-state index contributed by atoms with van der Waals surface area (Å²) in [5.41, 5.74) is 5.39. The number of hydrogen-bond donors (Lipinski definition) is 0. The fraction of sp³-hybridized carbons (Fsp3) is 0. The molecule has 0 N–H and O–H groups in total. The molecule has 29 heavy (non-hydrogen) atoms. The zero-order chi connectivity index (χ0) is 19.8. The van der Waals surface area contributed by atoms with E-state index in [-0.39, 0.29) is 0 Å². The van der Waals surface area contributed by atoms with Crippen molar-refractivity contribution < 1.29 is 0 Å². The van der Waals surface area contributed by atoms with E-state index >= 15 is 0 Å². The summed E-state index contributed by atoms with van der Waals surface area (Å²) in [6.45, 7) is 0. The van der Waals surface area contributed by atoms with E-state index in [1.807, 2.05) is 84.9 Å². The molecule has 0 bridgehead atoms. The number of nitrogens with zero attached hydrogens (tertiary/aromatic N) is 4. The van der Waals surface area contributed by atoms with E-state index < -0.39 is 0 Å². The summed E-state index contributed by atoms with van der Waals surface area (Å²) in [5, 5.41) is 4.93. The van der Waals surface area contributed by atoms with E-state index in [9.17, 15) is 0 Å². The van der Waals surface area contributed by atoms with Crippen molar-refractivity contribution in [3.63, 3.8) is 0 Å². The van der Waals surface area contributed by atoms with Gasteiger partial charge in [-0.3, -0.25) is 0 Å². The highest BCUT2D eigenvalue weighted by molar-refractivity contribution is 9.11. The number of fused-ring (bicyclic) bond motifs is 1. The standard InChI is InChI=1S/C23H14Br2N4/c24-18-14-8-7-13-17(18)21-22(25)29-23(27-21)26-19(15-9-3-1-4-10-15)20(28-29)16-11-5-2-6-12-16/h1-14H. The van der Waals surface area contributed by atoms with Crippen LogP contribution in [0.25, 0.3) is 39.5 Å². The summed E-state index contributed by atoms with van der Waals surface area (Å²) in [4.78, 5) is 9.68. The van der Waals surface area contributed by atoms with Gasteiger partial charge in [-0.2, -0.15) is 9.61 Å². The van der Waals surface area contributed by atoms with Gasteiger partial charge in [0.15, 0.2) is 0 Å². The first-order valence-electron chi connectivity index (χ1n) is 9.04. The average Bonchev–Trinajstić information content (AvgIpc) is 3.10. The molecular formula is C23H14Br2N4. The van der Waals surface area contributed by atoms with E-state index in [0.29, 0.717) is 5.78 Å². The summed E-state index contributed by atoms with van der Waals surface area (Å²) in [6, 6.07) is 28.2. The minimum Gasteiger partial charge on any atom is -0.209 e. The number of aromatic nitrogens is 4. The van der Waals surface area contributed by atoms with Crippen molar-refractivity contribution in [2.75, 3.05) is 0 Å². The van der Waals surface area contributed by atoms with E-state index in [2.05, 4.69) is 31.9 Å². The predicted molar refractivity (Wildman–Crippen MR) is 122 cm³/mol. The maximum Gasteiger partial charge on any atom is 0.253 e. The highest BCUT2D eigenvalue weighted by atomic mass is 79.9. The molecule has 2 heterocycles. The van der Waals surface area contributed by atoms with Gasteiger partial charge in [0.25, 0.3) is 5.78 Å². The molecule has 5 rings (SSSR count). The summed E-state index contributed by atoms with van der Waals surface area (Å²) in [7, 11) is 0. The summed E-state index contributed by atoms with van der Waals surface area (Å²) in [5.74, 6) is 0.543. The van der Waals surface area contributed by atoms with Gasteiger partial charge in [-0.1, -0.05) is 94.8 Å². The third-order valence-corrected chi connectivity index (χ3v) is 6.05. The Labute approximate surface area is 184 Å². The first-order chi connectivity index (χ1) is 14.2. The van der Waals surface area contributed by atoms with E-state index in [0.717, 1.165) is 42.8 Å². The van der Waals surface area contributed by atoms with Crippen molar-refractivity contribution in [2.45, 2.75) is 0 Å². The number of rotatable bonds is 3. The van der Waals surface area contributed by atoms with Crippen molar-refractivity contribution >= 4 is 37.6 Å². The molecule has 0 aliphatic rings. The molecule has 5 aromatic rings. The van der Waals surface area contributed by atoms with Crippen LogP contribution in [0.1, 0.15) is 0 Å². The van der Waals surface area contributed by atoms with Crippen molar-refractivity contribution in [2.24, 2.45) is 0 Å². The summed E-state index contributed by atoms with van der Waals surface area (Å²) >= 11 is 7.30. The van der Waals surface area contributed by atoms with Crippen molar-refractivity contribution in [1.29, 1.82) is 0 Å². The van der Waals surface area contributed by atoms with Gasteiger partial charge in [-0.05, 0) is 22.0 Å². The Balaban J connectivity index is 1.81. The lowest BCUT2D eigenvalue weighted by Crippen LogP contribution is -2.01. The summed E-state index contributed by atoms with van der Waals surface area (Å²) < 4.78 is 3.49. The molecule has 0 saturated heterocycles. The maximum atomic E-state index is 4.93. The van der Waals surface area contributed by atoms with Crippen LogP contribution in [0.15, 0.2) is 94.0 Å². The highest BCUT2D eigenvalue weighted by Gasteiger charge is 2.20. The number of benzene rings is 3. The third-order valence-electron chi connectivity index (χ3n) is 4.64. The van der Waals surface area contributed by atoms with Crippen LogP contribution in [0.3, 0.4) is 0 Å². The van der Waals surface area contributed by atoms with Crippen LogP contribution in [-0.2, 0) is 0 Å². The van der Waals surface area contributed by atoms with E-state index in [4.69, 9.17) is 15.1 Å². The van der Waals surface area contributed by atoms with Gasteiger partial charge in [0.1, 0.15) is 21.7 Å². The van der Waals surface area contributed by atoms with Crippen LogP contribution in [0.5, 0.6) is 0 Å². The zero-order valence-electron chi connectivity index (χ0n) is 15.1. The zero-order valence-corrected chi connectivity index (χ0v) is 18.3. The van der Waals surface area contributed by atoms with Gasteiger partial charge in [0.05, 0.1) is 0 Å². The van der Waals surface area contributed by atoms with Crippen LogP contribution in [-0.4, -0.2) is 19.6 Å². The second-order valence-electron chi connectivity index (χ2n) is 6.48. The number of hydrogen-bond acceptors (Lipinski definition) is 3. The van der Waals surface area contributed by atoms with Gasteiger partial charge in [-0.15, -0.1) is 0 Å². The predicted octanol–water partition coefficient (Wildman–Crippen LogP) is 6.65. The molecule has 140 valence electrons. The molecule has 0 fully saturated rings. The smallest absolute Gasteiger partial charge is 0.209 e. The molecule has 0 saturated carbocycles. The molecule has 2 aromatic heterocycles. The fourth-order valence-electron chi connectivity index (χ4n) is 3.26. The molecule has 6 heteroatoms. The molecular weight excluding hydrogens is 492 g/mol. The Bertz CT molecular complexity index is 1320. The first-order valence-corrected chi connectivity index (χ1v) is 10.6. The lowest BCUT2D eigenvalue weighted by atomic mass is 10.0. The number of halogens is 2. The molecule has 4 nitrogen and oxygen atoms in total. The van der Waals surface area contributed by atoms with Gasteiger partial charge >= 0.3 is 0 Å². The quantitative estimate of drug-likeness (QED) is 0.275. The minimum absolute atomic E-state index is 0.543. The normalized spacial score (nSPS) is 11.1.